The molecule has 5 rings (SSSR count). The SMILES string of the molecule is CC(=O)N1CCC(Cc2nccc(-c3sc(C(C)C)nc3-c3ccc(F)c(NS(=O)(=O)c4cc(F)ccc4F)c3)n2)CC1. The minimum atomic E-state index is -4.65. The van der Waals surface area contributed by atoms with E-state index in [9.17, 15) is 26.4 Å². The van der Waals surface area contributed by atoms with Crippen LogP contribution in [-0.4, -0.2) is 47.3 Å². The molecule has 0 atom stereocenters. The Bertz CT molecular complexity index is 1770. The average Bonchev–Trinajstić information content (AvgIpc) is 3.42. The van der Waals surface area contributed by atoms with Crippen LogP contribution >= 0.6 is 11.3 Å². The summed E-state index contributed by atoms with van der Waals surface area (Å²) in [6.07, 6.45) is 4.07. The summed E-state index contributed by atoms with van der Waals surface area (Å²) in [5, 5.41) is 0.801. The van der Waals surface area contributed by atoms with Gasteiger partial charge in [0.2, 0.25) is 5.91 Å². The quantitative estimate of drug-likeness (QED) is 0.242. The molecule has 3 heterocycles. The minimum Gasteiger partial charge on any atom is -0.343 e. The standard InChI is InChI=1S/C30H30F3N5O3S2/c1-17(2)30-36-28(20-4-6-22(32)25(15-20)37-43(40,41)26-16-21(31)5-7-23(26)33)29(42-30)24-8-11-34-27(35-24)14-19-9-12-38(13-10-19)18(3)39/h4-8,11,15-17,19,37H,9-10,12-14H2,1-3H3. The van der Waals surface area contributed by atoms with Gasteiger partial charge in [0, 0.05) is 44.1 Å². The van der Waals surface area contributed by atoms with E-state index in [0.717, 1.165) is 30.0 Å². The molecule has 0 aliphatic carbocycles. The number of nitrogens with zero attached hydrogens (tertiary/aromatic N) is 4. The Hall–Kier alpha value is -3.84. The second-order valence-corrected chi connectivity index (χ2v) is 13.5. The van der Waals surface area contributed by atoms with E-state index in [0.29, 0.717) is 65.2 Å². The lowest BCUT2D eigenvalue weighted by atomic mass is 9.93. The third kappa shape index (κ3) is 6.88. The van der Waals surface area contributed by atoms with Crippen LogP contribution in [0.2, 0.25) is 0 Å². The fourth-order valence-electron chi connectivity index (χ4n) is 4.92. The number of sulfonamides is 1. The van der Waals surface area contributed by atoms with Gasteiger partial charge in [0.15, 0.2) is 0 Å². The van der Waals surface area contributed by atoms with E-state index >= 15 is 0 Å². The molecule has 1 N–H and O–H groups in total. The van der Waals surface area contributed by atoms with E-state index < -0.39 is 38.1 Å². The molecule has 1 amide bonds. The van der Waals surface area contributed by atoms with Crippen molar-refractivity contribution < 1.29 is 26.4 Å². The number of rotatable bonds is 8. The van der Waals surface area contributed by atoms with Crippen molar-refractivity contribution in [1.29, 1.82) is 0 Å². The molecule has 1 aliphatic rings. The number of hydrogen-bond donors (Lipinski definition) is 1. The lowest BCUT2D eigenvalue weighted by molar-refractivity contribution is -0.130. The molecule has 1 aliphatic heterocycles. The number of carbonyl (C=O) groups is 1. The number of anilines is 1. The minimum absolute atomic E-state index is 0.0691. The van der Waals surface area contributed by atoms with E-state index in [2.05, 4.69) is 9.71 Å². The first-order valence-electron chi connectivity index (χ1n) is 13.8. The zero-order chi connectivity index (χ0) is 30.9. The Labute approximate surface area is 252 Å². The molecule has 0 bridgehead atoms. The molecule has 0 spiro atoms. The molecule has 43 heavy (non-hydrogen) atoms. The van der Waals surface area contributed by atoms with Gasteiger partial charge in [-0.25, -0.2) is 36.5 Å². The average molecular weight is 630 g/mol. The molecule has 0 radical (unpaired) electrons. The molecular weight excluding hydrogens is 599 g/mol. The molecule has 0 saturated carbocycles. The van der Waals surface area contributed by atoms with Crippen LogP contribution in [0.4, 0.5) is 18.9 Å². The summed E-state index contributed by atoms with van der Waals surface area (Å²) in [4.78, 5) is 27.4. The van der Waals surface area contributed by atoms with Crippen LogP contribution in [0.25, 0.3) is 21.8 Å². The van der Waals surface area contributed by atoms with Gasteiger partial charge in [0.25, 0.3) is 10.0 Å². The molecule has 4 aromatic rings. The third-order valence-corrected chi connectivity index (χ3v) is 10.0. The molecule has 226 valence electrons. The highest BCUT2D eigenvalue weighted by molar-refractivity contribution is 7.92. The maximum atomic E-state index is 14.9. The van der Waals surface area contributed by atoms with Crippen LogP contribution in [0.15, 0.2) is 53.6 Å². The Balaban J connectivity index is 1.47. The van der Waals surface area contributed by atoms with Crippen molar-refractivity contribution in [2.24, 2.45) is 5.92 Å². The number of amides is 1. The number of nitrogens with one attached hydrogen (secondary N) is 1. The summed E-state index contributed by atoms with van der Waals surface area (Å²) in [7, 11) is -4.65. The van der Waals surface area contributed by atoms with Gasteiger partial charge < -0.3 is 4.90 Å². The van der Waals surface area contributed by atoms with E-state index in [1.54, 1.807) is 19.2 Å². The molecule has 1 fully saturated rings. The maximum Gasteiger partial charge on any atom is 0.265 e. The Morgan fingerprint density at radius 1 is 1.05 bits per heavy atom. The van der Waals surface area contributed by atoms with Gasteiger partial charge >= 0.3 is 0 Å². The highest BCUT2D eigenvalue weighted by Crippen LogP contribution is 2.39. The van der Waals surface area contributed by atoms with Gasteiger partial charge in [-0.1, -0.05) is 13.8 Å². The van der Waals surface area contributed by atoms with Crippen LogP contribution in [0.5, 0.6) is 0 Å². The van der Waals surface area contributed by atoms with Crippen LogP contribution in [0.3, 0.4) is 0 Å². The number of likely N-dealkylation sites (tertiary alicyclic amines) is 1. The van der Waals surface area contributed by atoms with Crippen LogP contribution in [0, 0.1) is 23.4 Å². The Morgan fingerprint density at radius 2 is 1.77 bits per heavy atom. The topological polar surface area (TPSA) is 105 Å². The van der Waals surface area contributed by atoms with Crippen molar-refractivity contribution in [2.75, 3.05) is 17.8 Å². The van der Waals surface area contributed by atoms with E-state index in [1.807, 2.05) is 18.7 Å². The second-order valence-electron chi connectivity index (χ2n) is 10.8. The van der Waals surface area contributed by atoms with E-state index in [4.69, 9.17) is 9.97 Å². The maximum absolute atomic E-state index is 14.9. The first kappa shape index (κ1) is 30.6. The summed E-state index contributed by atoms with van der Waals surface area (Å²) >= 11 is 1.43. The smallest absolute Gasteiger partial charge is 0.265 e. The molecule has 13 heteroatoms. The number of piperidine rings is 1. The van der Waals surface area contributed by atoms with Gasteiger partial charge in [-0.05, 0) is 61.2 Å². The van der Waals surface area contributed by atoms with Crippen LogP contribution in [-0.2, 0) is 21.2 Å². The van der Waals surface area contributed by atoms with Crippen LogP contribution in [0.1, 0.15) is 50.4 Å². The Morgan fingerprint density at radius 3 is 2.47 bits per heavy atom. The lowest BCUT2D eigenvalue weighted by Gasteiger charge is -2.30. The van der Waals surface area contributed by atoms with Crippen molar-refractivity contribution in [1.82, 2.24) is 19.9 Å². The second kappa shape index (κ2) is 12.4. The van der Waals surface area contributed by atoms with Gasteiger partial charge in [-0.3, -0.25) is 9.52 Å². The summed E-state index contributed by atoms with van der Waals surface area (Å²) in [6, 6.07) is 7.63. The number of aromatic nitrogens is 3. The first-order chi connectivity index (χ1) is 20.4. The van der Waals surface area contributed by atoms with Crippen molar-refractivity contribution in [3.05, 3.63) is 76.9 Å². The fraction of sp³-hybridized carbons (Fsp3) is 0.333. The van der Waals surface area contributed by atoms with Gasteiger partial charge in [0.1, 0.15) is 28.2 Å². The van der Waals surface area contributed by atoms with Gasteiger partial charge in [0.05, 0.1) is 27.0 Å². The number of carbonyl (C=O) groups excluding carboxylic acids is 1. The van der Waals surface area contributed by atoms with Crippen molar-refractivity contribution in [3.63, 3.8) is 0 Å². The van der Waals surface area contributed by atoms with E-state index in [1.165, 1.54) is 23.5 Å². The monoisotopic (exact) mass is 629 g/mol. The zero-order valence-corrected chi connectivity index (χ0v) is 25.4. The van der Waals surface area contributed by atoms with Crippen LogP contribution < -0.4 is 4.72 Å². The highest BCUT2D eigenvalue weighted by Gasteiger charge is 2.25. The highest BCUT2D eigenvalue weighted by atomic mass is 32.2. The Kier molecular flexibility index (Phi) is 8.84. The largest absolute Gasteiger partial charge is 0.343 e. The third-order valence-electron chi connectivity index (χ3n) is 7.27. The van der Waals surface area contributed by atoms with Crippen molar-refractivity contribution in [3.8, 4) is 21.8 Å². The number of benzene rings is 2. The fourth-order valence-corrected chi connectivity index (χ4v) is 7.13. The zero-order valence-electron chi connectivity index (χ0n) is 23.8. The predicted molar refractivity (Wildman–Crippen MR) is 158 cm³/mol. The first-order valence-corrected chi connectivity index (χ1v) is 16.1. The normalized spacial score (nSPS) is 14.3. The number of thiazole rings is 1. The lowest BCUT2D eigenvalue weighted by Crippen LogP contribution is -2.37. The molecular formula is C30H30F3N5O3S2. The van der Waals surface area contributed by atoms with Gasteiger partial charge in [-0.15, -0.1) is 11.3 Å². The molecule has 0 unspecified atom stereocenters. The molecule has 1 saturated heterocycles. The molecule has 8 nitrogen and oxygen atoms in total. The summed E-state index contributed by atoms with van der Waals surface area (Å²) in [6.45, 7) is 6.97. The predicted octanol–water partition coefficient (Wildman–Crippen LogP) is 6.41. The van der Waals surface area contributed by atoms with Crippen molar-refractivity contribution in [2.45, 2.75) is 50.8 Å². The van der Waals surface area contributed by atoms with E-state index in [-0.39, 0.29) is 11.8 Å². The summed E-state index contributed by atoms with van der Waals surface area (Å²) in [5.41, 5.74) is 1.07. The summed E-state index contributed by atoms with van der Waals surface area (Å²) in [5.74, 6) is -1.87. The van der Waals surface area contributed by atoms with Crippen molar-refractivity contribution >= 4 is 33.0 Å². The molecule has 2 aromatic carbocycles. The number of halogens is 3. The number of hydrogen-bond acceptors (Lipinski definition) is 7. The van der Waals surface area contributed by atoms with Gasteiger partial charge in [-0.2, -0.15) is 0 Å². The molecule has 2 aromatic heterocycles. The summed E-state index contributed by atoms with van der Waals surface area (Å²) < 4.78 is 70.6.